The minimum absolute atomic E-state index is 0.400. The average molecular weight is 391 g/mol. The average Bonchev–Trinajstić information content (AvgIpc) is 3.46. The van der Waals surface area contributed by atoms with Gasteiger partial charge in [0.15, 0.2) is 28.9 Å². The number of aryl methyl sites for hydroxylation is 1. The van der Waals surface area contributed by atoms with Crippen molar-refractivity contribution in [3.8, 4) is 28.9 Å². The summed E-state index contributed by atoms with van der Waals surface area (Å²) in [6.45, 7) is 0. The minimum Gasteiger partial charge on any atom is -0.493 e. The topological polar surface area (TPSA) is 101 Å². The number of hydrogen-bond acceptors (Lipinski definition) is 7. The summed E-state index contributed by atoms with van der Waals surface area (Å²) in [7, 11) is 3.24. The van der Waals surface area contributed by atoms with Crippen LogP contribution in [-0.4, -0.2) is 34.0 Å². The van der Waals surface area contributed by atoms with E-state index in [0.717, 1.165) is 17.5 Å². The maximum atomic E-state index is 6.32. The van der Waals surface area contributed by atoms with Crippen molar-refractivity contribution in [2.45, 2.75) is 12.8 Å². The summed E-state index contributed by atoms with van der Waals surface area (Å²) >= 11 is 0. The predicted molar refractivity (Wildman–Crippen MR) is 108 cm³/mol. The summed E-state index contributed by atoms with van der Waals surface area (Å²) in [5.74, 6) is 3.39. The zero-order chi connectivity index (χ0) is 20.2. The fourth-order valence-electron chi connectivity index (χ4n) is 3.13. The molecule has 0 aliphatic rings. The van der Waals surface area contributed by atoms with Crippen molar-refractivity contribution in [3.63, 3.8) is 0 Å². The molecule has 0 bridgehead atoms. The summed E-state index contributed by atoms with van der Waals surface area (Å²) in [5, 5.41) is 4.32. The lowest BCUT2D eigenvalue weighted by atomic mass is 10.0. The molecule has 3 heterocycles. The highest BCUT2D eigenvalue weighted by Crippen LogP contribution is 2.29. The van der Waals surface area contributed by atoms with Gasteiger partial charge in [-0.2, -0.15) is 5.10 Å². The molecule has 1 aromatic carbocycles. The number of aromatic nitrogens is 4. The smallest absolute Gasteiger partial charge is 0.199 e. The number of ether oxygens (including phenoxy) is 2. The van der Waals surface area contributed by atoms with Crippen LogP contribution in [0.25, 0.3) is 17.4 Å². The summed E-state index contributed by atoms with van der Waals surface area (Å²) < 4.78 is 17.8. The molecule has 2 N–H and O–H groups in total. The molecule has 0 radical (unpaired) electrons. The quantitative estimate of drug-likeness (QED) is 0.516. The minimum atomic E-state index is 0.400. The Morgan fingerprint density at radius 3 is 2.59 bits per heavy atom. The van der Waals surface area contributed by atoms with Crippen molar-refractivity contribution in [2.24, 2.45) is 0 Å². The van der Waals surface area contributed by atoms with E-state index in [1.807, 2.05) is 30.5 Å². The van der Waals surface area contributed by atoms with Crippen LogP contribution < -0.4 is 15.2 Å². The Morgan fingerprint density at radius 1 is 1.03 bits per heavy atom. The first kappa shape index (κ1) is 18.5. The van der Waals surface area contributed by atoms with Crippen LogP contribution in [0.1, 0.15) is 11.1 Å². The van der Waals surface area contributed by atoms with Gasteiger partial charge in [-0.15, -0.1) is 0 Å². The maximum absolute atomic E-state index is 6.32. The number of furan rings is 1. The third-order valence-electron chi connectivity index (χ3n) is 4.59. The first-order valence-corrected chi connectivity index (χ1v) is 9.10. The van der Waals surface area contributed by atoms with Crippen molar-refractivity contribution in [1.29, 1.82) is 0 Å². The highest BCUT2D eigenvalue weighted by atomic mass is 16.5. The van der Waals surface area contributed by atoms with Gasteiger partial charge in [-0.05, 0) is 48.7 Å². The summed E-state index contributed by atoms with van der Waals surface area (Å²) in [6, 6.07) is 11.3. The highest BCUT2D eigenvalue weighted by Gasteiger charge is 2.17. The van der Waals surface area contributed by atoms with E-state index in [1.54, 1.807) is 43.5 Å². The lowest BCUT2D eigenvalue weighted by Crippen LogP contribution is -2.11. The van der Waals surface area contributed by atoms with Crippen LogP contribution >= 0.6 is 0 Å². The summed E-state index contributed by atoms with van der Waals surface area (Å²) in [4.78, 5) is 9.11. The van der Waals surface area contributed by atoms with Crippen molar-refractivity contribution in [2.75, 3.05) is 20.0 Å². The van der Waals surface area contributed by atoms with E-state index >= 15 is 0 Å². The standard InChI is InChI=1S/C21H21N5O3/c1-27-16-9-7-14(13-18(16)28-2)6-8-15-19(22)24-20(17-5-3-12-29-17)25-21(15)26-11-4-10-23-26/h3-5,7,9-13H,6,8H2,1-2H3,(H2,22,24,25). The van der Waals surface area contributed by atoms with Gasteiger partial charge in [0.2, 0.25) is 0 Å². The number of rotatable bonds is 7. The zero-order valence-electron chi connectivity index (χ0n) is 16.2. The molecule has 0 saturated heterocycles. The second-order valence-electron chi connectivity index (χ2n) is 6.35. The van der Waals surface area contributed by atoms with Crippen LogP contribution in [0.5, 0.6) is 11.5 Å². The highest BCUT2D eigenvalue weighted by molar-refractivity contribution is 5.58. The van der Waals surface area contributed by atoms with Gasteiger partial charge in [-0.1, -0.05) is 6.07 Å². The van der Waals surface area contributed by atoms with Gasteiger partial charge in [0, 0.05) is 18.0 Å². The molecule has 0 spiro atoms. The lowest BCUT2D eigenvalue weighted by molar-refractivity contribution is 0.354. The van der Waals surface area contributed by atoms with Gasteiger partial charge < -0.3 is 19.6 Å². The number of nitrogens with zero attached hydrogens (tertiary/aromatic N) is 4. The summed E-state index contributed by atoms with van der Waals surface area (Å²) in [5.41, 5.74) is 8.23. The molecule has 29 heavy (non-hydrogen) atoms. The van der Waals surface area contributed by atoms with E-state index < -0.39 is 0 Å². The largest absolute Gasteiger partial charge is 0.493 e. The second-order valence-corrected chi connectivity index (χ2v) is 6.35. The molecule has 0 saturated carbocycles. The molecule has 0 fully saturated rings. The Labute approximate surface area is 167 Å². The van der Waals surface area contributed by atoms with Crippen LogP contribution in [0, 0.1) is 0 Å². The first-order chi connectivity index (χ1) is 14.2. The third kappa shape index (κ3) is 3.77. The molecule has 0 aliphatic heterocycles. The van der Waals surface area contributed by atoms with Gasteiger partial charge in [0.05, 0.1) is 20.5 Å². The number of methoxy groups -OCH3 is 2. The van der Waals surface area contributed by atoms with Crippen LogP contribution in [0.15, 0.2) is 59.5 Å². The molecule has 3 aromatic heterocycles. The van der Waals surface area contributed by atoms with E-state index in [2.05, 4.69) is 15.1 Å². The van der Waals surface area contributed by atoms with Crippen molar-refractivity contribution >= 4 is 5.82 Å². The molecule has 148 valence electrons. The van der Waals surface area contributed by atoms with Gasteiger partial charge in [-0.3, -0.25) is 0 Å². The molecule has 8 heteroatoms. The molecule has 4 rings (SSSR count). The van der Waals surface area contributed by atoms with Crippen LogP contribution in [0.2, 0.25) is 0 Å². The van der Waals surface area contributed by atoms with Gasteiger partial charge in [0.1, 0.15) is 5.82 Å². The Bertz CT molecular complexity index is 1090. The molecule has 4 aromatic rings. The summed E-state index contributed by atoms with van der Waals surface area (Å²) in [6.07, 6.45) is 6.46. The molecular weight excluding hydrogens is 370 g/mol. The SMILES string of the molecule is COc1ccc(CCc2c(N)nc(-c3ccco3)nc2-n2cccn2)cc1OC. The molecule has 0 aliphatic carbocycles. The van der Waals surface area contributed by atoms with Crippen molar-refractivity contribution in [1.82, 2.24) is 19.7 Å². The molecule has 0 unspecified atom stereocenters. The fraction of sp³-hybridized carbons (Fsp3) is 0.190. The zero-order valence-corrected chi connectivity index (χ0v) is 16.2. The number of hydrogen-bond donors (Lipinski definition) is 1. The molecule has 0 atom stereocenters. The first-order valence-electron chi connectivity index (χ1n) is 9.10. The van der Waals surface area contributed by atoms with Crippen LogP contribution in [0.4, 0.5) is 5.82 Å². The molecular formula is C21H21N5O3. The van der Waals surface area contributed by atoms with E-state index in [0.29, 0.717) is 41.1 Å². The lowest BCUT2D eigenvalue weighted by Gasteiger charge is -2.13. The normalized spacial score (nSPS) is 10.8. The molecule has 8 nitrogen and oxygen atoms in total. The Balaban J connectivity index is 1.68. The monoisotopic (exact) mass is 391 g/mol. The Kier molecular flexibility index (Phi) is 5.15. The van der Waals surface area contributed by atoms with Gasteiger partial charge in [-0.25, -0.2) is 14.6 Å². The van der Waals surface area contributed by atoms with Crippen molar-refractivity contribution < 1.29 is 13.9 Å². The number of nitrogens with two attached hydrogens (primary N) is 1. The second kappa shape index (κ2) is 8.05. The van der Waals surface area contributed by atoms with Gasteiger partial charge in [0.25, 0.3) is 0 Å². The number of anilines is 1. The number of nitrogen functional groups attached to an aromatic ring is 1. The van der Waals surface area contributed by atoms with E-state index in [4.69, 9.17) is 19.6 Å². The van der Waals surface area contributed by atoms with Crippen LogP contribution in [-0.2, 0) is 12.8 Å². The van der Waals surface area contributed by atoms with Gasteiger partial charge >= 0.3 is 0 Å². The fourth-order valence-corrected chi connectivity index (χ4v) is 3.13. The molecule has 0 amide bonds. The van der Waals surface area contributed by atoms with E-state index in [-0.39, 0.29) is 0 Å². The van der Waals surface area contributed by atoms with E-state index in [1.165, 1.54) is 0 Å². The Morgan fingerprint density at radius 2 is 1.90 bits per heavy atom. The number of benzene rings is 1. The third-order valence-corrected chi connectivity index (χ3v) is 4.59. The Hall–Kier alpha value is -3.81. The van der Waals surface area contributed by atoms with Crippen LogP contribution in [0.3, 0.4) is 0 Å². The van der Waals surface area contributed by atoms with Crippen molar-refractivity contribution in [3.05, 3.63) is 66.2 Å². The predicted octanol–water partition coefficient (Wildman–Crippen LogP) is 3.31. The maximum Gasteiger partial charge on any atom is 0.199 e. The van der Waals surface area contributed by atoms with E-state index in [9.17, 15) is 0 Å².